The number of aromatic nitrogens is 1. The molecule has 2 aliphatic rings. The summed E-state index contributed by atoms with van der Waals surface area (Å²) in [6, 6.07) is 0. The number of carbonyl (C=O) groups is 1. The van der Waals surface area contributed by atoms with Crippen LogP contribution in [-0.2, 0) is 11.2 Å². The Balaban J connectivity index is 1.88. The number of piperidine rings is 1. The van der Waals surface area contributed by atoms with Crippen LogP contribution in [0.5, 0.6) is 0 Å². The van der Waals surface area contributed by atoms with Crippen LogP contribution < -0.4 is 0 Å². The van der Waals surface area contributed by atoms with Gasteiger partial charge >= 0.3 is 0 Å². The predicted octanol–water partition coefficient (Wildman–Crippen LogP) is 3.49. The minimum Gasteiger partial charge on any atom is -0.361 e. The number of nitrogens with zero attached hydrogens (tertiary/aromatic N) is 2. The molecule has 0 N–H and O–H groups in total. The molecule has 3 atom stereocenters. The molecule has 1 aromatic heterocycles. The second-order valence-electron chi connectivity index (χ2n) is 6.90. The fourth-order valence-electron chi connectivity index (χ4n) is 4.31. The first-order valence-electron chi connectivity index (χ1n) is 8.18. The fourth-order valence-corrected chi connectivity index (χ4v) is 4.31. The summed E-state index contributed by atoms with van der Waals surface area (Å²) in [7, 11) is 0. The van der Waals surface area contributed by atoms with E-state index in [0.29, 0.717) is 18.9 Å². The van der Waals surface area contributed by atoms with Gasteiger partial charge in [0.15, 0.2) is 0 Å². The summed E-state index contributed by atoms with van der Waals surface area (Å²) in [5.41, 5.74) is 1.72. The molecule has 3 rings (SSSR count). The van der Waals surface area contributed by atoms with Crippen LogP contribution >= 0.6 is 0 Å². The molecule has 1 aliphatic heterocycles. The molecule has 2 heterocycles. The number of carbonyl (C=O) groups excluding carboxylic acids is 1. The first-order chi connectivity index (χ1) is 11.0. The molecule has 1 aromatic rings. The van der Waals surface area contributed by atoms with Crippen LogP contribution in [0, 0.1) is 11.3 Å². The van der Waals surface area contributed by atoms with E-state index in [9.17, 15) is 4.79 Å². The third kappa shape index (κ3) is 2.46. The lowest BCUT2D eigenvalue weighted by atomic mass is 9.59. The van der Waals surface area contributed by atoms with Gasteiger partial charge in [-0.25, -0.2) is 0 Å². The van der Waals surface area contributed by atoms with Crippen molar-refractivity contribution in [1.29, 1.82) is 0 Å². The van der Waals surface area contributed by atoms with Crippen LogP contribution in [0.15, 0.2) is 47.7 Å². The Labute approximate surface area is 137 Å². The molecule has 23 heavy (non-hydrogen) atoms. The van der Waals surface area contributed by atoms with E-state index in [1.807, 2.05) is 11.0 Å². The molecule has 3 unspecified atom stereocenters. The molecule has 0 radical (unpaired) electrons. The molecule has 0 bridgehead atoms. The van der Waals surface area contributed by atoms with Crippen molar-refractivity contribution in [1.82, 2.24) is 10.1 Å². The highest BCUT2D eigenvalue weighted by Crippen LogP contribution is 2.51. The van der Waals surface area contributed by atoms with Crippen LogP contribution in [0.3, 0.4) is 0 Å². The molecule has 4 nitrogen and oxygen atoms in total. The van der Waals surface area contributed by atoms with E-state index < -0.39 is 0 Å². The average Bonchev–Trinajstić information content (AvgIpc) is 2.99. The second-order valence-corrected chi connectivity index (χ2v) is 6.90. The summed E-state index contributed by atoms with van der Waals surface area (Å²) < 4.78 is 5.43. The summed E-state index contributed by atoms with van der Waals surface area (Å²) in [5.74, 6) is 1.73. The van der Waals surface area contributed by atoms with E-state index in [2.05, 4.69) is 32.2 Å². The number of amides is 1. The van der Waals surface area contributed by atoms with Gasteiger partial charge in [-0.2, -0.15) is 0 Å². The van der Waals surface area contributed by atoms with Crippen LogP contribution in [0.2, 0.25) is 0 Å². The van der Waals surface area contributed by atoms with Crippen LogP contribution in [-0.4, -0.2) is 29.1 Å². The van der Waals surface area contributed by atoms with E-state index >= 15 is 0 Å². The molecule has 1 saturated heterocycles. The third-order valence-electron chi connectivity index (χ3n) is 5.52. The van der Waals surface area contributed by atoms with Gasteiger partial charge in [0.1, 0.15) is 5.76 Å². The SMILES string of the molecule is C=C/C=C(\C=C)CN1CCC2C(C)c3oncc3CC2(C)C1=O. The van der Waals surface area contributed by atoms with Gasteiger partial charge in [-0.15, -0.1) is 0 Å². The predicted molar refractivity (Wildman–Crippen MR) is 89.9 cm³/mol. The Morgan fingerprint density at radius 1 is 1.57 bits per heavy atom. The summed E-state index contributed by atoms with van der Waals surface area (Å²) >= 11 is 0. The first-order valence-corrected chi connectivity index (χ1v) is 8.18. The van der Waals surface area contributed by atoms with Crippen molar-refractivity contribution in [2.75, 3.05) is 13.1 Å². The lowest BCUT2D eigenvalue weighted by molar-refractivity contribution is -0.151. The Morgan fingerprint density at radius 2 is 2.35 bits per heavy atom. The lowest BCUT2D eigenvalue weighted by Crippen LogP contribution is -2.56. The summed E-state index contributed by atoms with van der Waals surface area (Å²) in [5, 5.41) is 3.94. The molecular weight excluding hydrogens is 288 g/mol. The van der Waals surface area contributed by atoms with Crippen molar-refractivity contribution >= 4 is 5.91 Å². The van der Waals surface area contributed by atoms with Gasteiger partial charge in [0.2, 0.25) is 5.91 Å². The Kier molecular flexibility index (Phi) is 4.00. The maximum absolute atomic E-state index is 13.2. The molecule has 0 saturated carbocycles. The van der Waals surface area contributed by atoms with Crippen molar-refractivity contribution < 1.29 is 9.32 Å². The van der Waals surface area contributed by atoms with Crippen molar-refractivity contribution in [2.45, 2.75) is 32.6 Å². The number of hydrogen-bond acceptors (Lipinski definition) is 3. The Bertz CT molecular complexity index is 673. The molecule has 4 heteroatoms. The van der Waals surface area contributed by atoms with Gasteiger partial charge in [-0.1, -0.05) is 50.4 Å². The van der Waals surface area contributed by atoms with Gasteiger partial charge in [0, 0.05) is 24.6 Å². The Morgan fingerprint density at radius 3 is 3.04 bits per heavy atom. The number of likely N-dealkylation sites (tertiary alicyclic amines) is 1. The highest BCUT2D eigenvalue weighted by molar-refractivity contribution is 5.84. The topological polar surface area (TPSA) is 46.3 Å². The highest BCUT2D eigenvalue weighted by Gasteiger charge is 2.53. The maximum Gasteiger partial charge on any atom is 0.229 e. The quantitative estimate of drug-likeness (QED) is 0.800. The van der Waals surface area contributed by atoms with E-state index in [0.717, 1.165) is 29.9 Å². The van der Waals surface area contributed by atoms with Gasteiger partial charge in [-0.3, -0.25) is 4.79 Å². The monoisotopic (exact) mass is 312 g/mol. The summed E-state index contributed by atoms with van der Waals surface area (Å²) in [6.07, 6.45) is 8.92. The molecule has 1 aliphatic carbocycles. The largest absolute Gasteiger partial charge is 0.361 e. The number of allylic oxidation sites excluding steroid dienone is 2. The van der Waals surface area contributed by atoms with Crippen molar-refractivity contribution in [3.05, 3.63) is 54.5 Å². The van der Waals surface area contributed by atoms with Crippen molar-refractivity contribution in [2.24, 2.45) is 11.3 Å². The van der Waals surface area contributed by atoms with E-state index in [4.69, 9.17) is 4.52 Å². The zero-order chi connectivity index (χ0) is 16.6. The lowest BCUT2D eigenvalue weighted by Gasteiger charge is -2.49. The fraction of sp³-hybridized carbons (Fsp3) is 0.474. The minimum atomic E-state index is -0.378. The zero-order valence-electron chi connectivity index (χ0n) is 13.9. The first kappa shape index (κ1) is 15.8. The zero-order valence-corrected chi connectivity index (χ0v) is 13.9. The van der Waals surface area contributed by atoms with Gasteiger partial charge in [0.25, 0.3) is 0 Å². The smallest absolute Gasteiger partial charge is 0.229 e. The third-order valence-corrected chi connectivity index (χ3v) is 5.52. The van der Waals surface area contributed by atoms with Crippen LogP contribution in [0.25, 0.3) is 0 Å². The van der Waals surface area contributed by atoms with Gasteiger partial charge in [-0.05, 0) is 24.3 Å². The molecule has 1 amide bonds. The van der Waals surface area contributed by atoms with E-state index in [-0.39, 0.29) is 17.2 Å². The van der Waals surface area contributed by atoms with Crippen LogP contribution in [0.4, 0.5) is 0 Å². The minimum absolute atomic E-state index is 0.226. The molecule has 0 spiro atoms. The standard InChI is InChI=1S/C19H24N2O2/c1-5-7-14(6-2)12-21-9-8-16-13(3)17-15(11-20-23-17)10-19(16,4)18(21)22/h5-7,11,13,16H,1-2,8-10,12H2,3-4H3/b14-7+. The normalized spacial score (nSPS) is 30.6. The van der Waals surface area contributed by atoms with Gasteiger partial charge in [0.05, 0.1) is 11.6 Å². The number of hydrogen-bond donors (Lipinski definition) is 0. The molecule has 122 valence electrons. The summed E-state index contributed by atoms with van der Waals surface area (Å²) in [6.45, 7) is 13.2. The van der Waals surface area contributed by atoms with E-state index in [1.165, 1.54) is 0 Å². The van der Waals surface area contributed by atoms with Crippen LogP contribution in [0.1, 0.15) is 37.5 Å². The number of rotatable bonds is 4. The van der Waals surface area contributed by atoms with Crippen molar-refractivity contribution in [3.8, 4) is 0 Å². The molecular formula is C19H24N2O2. The van der Waals surface area contributed by atoms with Gasteiger partial charge < -0.3 is 9.42 Å². The van der Waals surface area contributed by atoms with E-state index in [1.54, 1.807) is 18.3 Å². The second kappa shape index (κ2) is 5.84. The average molecular weight is 312 g/mol. The summed E-state index contributed by atoms with van der Waals surface area (Å²) in [4.78, 5) is 15.2. The maximum atomic E-state index is 13.2. The molecule has 1 fully saturated rings. The Hall–Kier alpha value is -2.10. The highest BCUT2D eigenvalue weighted by atomic mass is 16.5. The van der Waals surface area contributed by atoms with Crippen molar-refractivity contribution in [3.63, 3.8) is 0 Å². The number of fused-ring (bicyclic) bond motifs is 2. The molecule has 0 aromatic carbocycles.